The van der Waals surface area contributed by atoms with E-state index in [0.29, 0.717) is 0 Å². The first kappa shape index (κ1) is 16.7. The van der Waals surface area contributed by atoms with E-state index in [1.807, 2.05) is 0 Å². The maximum absolute atomic E-state index is 6.33. The first-order valence-corrected chi connectivity index (χ1v) is 9.82. The largest absolute Gasteiger partial charge is 0.485 e. The number of hydrogen-bond acceptors (Lipinski definition) is 2. The number of fused-ring (bicyclic) bond motifs is 3. The predicted octanol–water partition coefficient (Wildman–Crippen LogP) is 4.73. The van der Waals surface area contributed by atoms with Gasteiger partial charge in [0, 0.05) is 18.9 Å². The molecule has 4 aliphatic heterocycles. The molecule has 0 unspecified atom stereocenters. The van der Waals surface area contributed by atoms with Crippen molar-refractivity contribution in [3.8, 4) is 5.75 Å². The number of hydrogen-bond donors (Lipinski definition) is 0. The molecule has 0 radical (unpaired) electrons. The fourth-order valence-corrected chi connectivity index (χ4v) is 4.70. The summed E-state index contributed by atoms with van der Waals surface area (Å²) in [4.78, 5) is 2.58. The highest BCUT2D eigenvalue weighted by Crippen LogP contribution is 2.46. The van der Waals surface area contributed by atoms with Gasteiger partial charge in [0.05, 0.1) is 0 Å². The molecule has 2 aromatic rings. The van der Waals surface area contributed by atoms with E-state index in [4.69, 9.17) is 4.74 Å². The number of aryl methyl sites for hydroxylation is 1. The summed E-state index contributed by atoms with van der Waals surface area (Å²) in [6.45, 7) is 5.91. The van der Waals surface area contributed by atoms with Crippen molar-refractivity contribution in [2.45, 2.75) is 44.6 Å². The van der Waals surface area contributed by atoms with Gasteiger partial charge in [-0.05, 0) is 49.5 Å². The monoisotopic (exact) mass is 335 g/mol. The fourth-order valence-electron chi connectivity index (χ4n) is 4.70. The number of nitrogens with zero attached hydrogens (tertiary/aromatic N) is 1. The van der Waals surface area contributed by atoms with Gasteiger partial charge < -0.3 is 4.74 Å². The number of benzene rings is 2. The third-order valence-electron chi connectivity index (χ3n) is 5.98. The van der Waals surface area contributed by atoms with Crippen LogP contribution in [0, 0.1) is 5.92 Å². The molecule has 3 saturated heterocycles. The van der Waals surface area contributed by atoms with Crippen LogP contribution in [0.5, 0.6) is 5.75 Å². The maximum atomic E-state index is 6.33. The van der Waals surface area contributed by atoms with Crippen molar-refractivity contribution >= 4 is 0 Å². The zero-order chi connectivity index (χ0) is 17.1. The molecule has 3 fully saturated rings. The lowest BCUT2D eigenvalue weighted by molar-refractivity contribution is -0.0798. The molecule has 25 heavy (non-hydrogen) atoms. The molecule has 1 atom stereocenters. The van der Waals surface area contributed by atoms with E-state index in [2.05, 4.69) is 66.4 Å². The van der Waals surface area contributed by atoms with Crippen LogP contribution in [0.4, 0.5) is 0 Å². The summed E-state index contributed by atoms with van der Waals surface area (Å²) >= 11 is 0. The van der Waals surface area contributed by atoms with Crippen LogP contribution in [-0.4, -0.2) is 30.1 Å². The molecule has 4 heterocycles. The van der Waals surface area contributed by atoms with Crippen LogP contribution in [-0.2, 0) is 12.8 Å². The van der Waals surface area contributed by atoms with Gasteiger partial charge in [-0.1, -0.05) is 61.9 Å². The summed E-state index contributed by atoms with van der Waals surface area (Å²) in [7, 11) is 0. The Labute approximate surface area is 151 Å². The minimum Gasteiger partial charge on any atom is -0.485 e. The van der Waals surface area contributed by atoms with Gasteiger partial charge in [0.15, 0.2) is 0 Å². The summed E-state index contributed by atoms with van der Waals surface area (Å²) in [5, 5.41) is 0. The number of piperidine rings is 3. The van der Waals surface area contributed by atoms with Gasteiger partial charge in [-0.15, -0.1) is 0 Å². The van der Waals surface area contributed by atoms with Gasteiger partial charge in [-0.3, -0.25) is 4.90 Å². The summed E-state index contributed by atoms with van der Waals surface area (Å²) < 4.78 is 6.33. The highest BCUT2D eigenvalue weighted by atomic mass is 16.5. The van der Waals surface area contributed by atoms with Crippen LogP contribution < -0.4 is 4.74 Å². The fraction of sp³-hybridized carbons (Fsp3) is 0.478. The summed E-state index contributed by atoms with van der Waals surface area (Å²) in [6.07, 6.45) is 6.23. The zero-order valence-corrected chi connectivity index (χ0v) is 15.3. The van der Waals surface area contributed by atoms with Crippen LogP contribution in [0.2, 0.25) is 0 Å². The molecule has 132 valence electrons. The van der Waals surface area contributed by atoms with Crippen molar-refractivity contribution < 1.29 is 4.74 Å². The molecular formula is C23H29NO. The van der Waals surface area contributed by atoms with E-state index in [-0.39, 0.29) is 5.60 Å². The molecule has 2 aromatic carbocycles. The quantitative estimate of drug-likeness (QED) is 0.787. The SMILES string of the molecule is CCCc1ccccc1.c1ccc2c(c1)C[C@@]1(CN3CCC1CC3)O2. The van der Waals surface area contributed by atoms with Crippen LogP contribution in [0.25, 0.3) is 0 Å². The average Bonchev–Trinajstić information content (AvgIpc) is 3.02. The van der Waals surface area contributed by atoms with Gasteiger partial charge >= 0.3 is 0 Å². The minimum atomic E-state index is 0.125. The Bertz CT molecular complexity index is 663. The molecule has 0 saturated carbocycles. The second-order valence-corrected chi connectivity index (χ2v) is 7.74. The van der Waals surface area contributed by atoms with Crippen LogP contribution in [0.3, 0.4) is 0 Å². The lowest BCUT2D eigenvalue weighted by atomic mass is 9.73. The molecule has 4 aliphatic rings. The summed E-state index contributed by atoms with van der Waals surface area (Å²) in [5.74, 6) is 1.92. The second kappa shape index (κ2) is 7.21. The predicted molar refractivity (Wildman–Crippen MR) is 103 cm³/mol. The topological polar surface area (TPSA) is 12.5 Å². The third kappa shape index (κ3) is 3.46. The maximum Gasteiger partial charge on any atom is 0.129 e. The molecule has 6 rings (SSSR count). The van der Waals surface area contributed by atoms with E-state index < -0.39 is 0 Å². The molecule has 0 aromatic heterocycles. The highest BCUT2D eigenvalue weighted by molar-refractivity contribution is 5.40. The Morgan fingerprint density at radius 1 is 1.00 bits per heavy atom. The Morgan fingerprint density at radius 3 is 2.36 bits per heavy atom. The minimum absolute atomic E-state index is 0.125. The van der Waals surface area contributed by atoms with Crippen molar-refractivity contribution in [2.75, 3.05) is 19.6 Å². The zero-order valence-electron chi connectivity index (χ0n) is 15.3. The van der Waals surface area contributed by atoms with Gasteiger partial charge in [0.25, 0.3) is 0 Å². The third-order valence-corrected chi connectivity index (χ3v) is 5.98. The normalized spacial score (nSPS) is 28.8. The average molecular weight is 335 g/mol. The molecule has 2 heteroatoms. The van der Waals surface area contributed by atoms with Crippen LogP contribution >= 0.6 is 0 Å². The number of para-hydroxylation sites is 1. The van der Waals surface area contributed by atoms with Crippen molar-refractivity contribution in [1.82, 2.24) is 4.90 Å². The highest BCUT2D eigenvalue weighted by Gasteiger charge is 2.51. The molecule has 0 aliphatic carbocycles. The van der Waals surface area contributed by atoms with E-state index in [0.717, 1.165) is 24.6 Å². The van der Waals surface area contributed by atoms with Crippen LogP contribution in [0.15, 0.2) is 54.6 Å². The smallest absolute Gasteiger partial charge is 0.129 e. The number of rotatable bonds is 2. The van der Waals surface area contributed by atoms with Gasteiger partial charge in [-0.2, -0.15) is 0 Å². The Morgan fingerprint density at radius 2 is 1.72 bits per heavy atom. The first-order chi connectivity index (χ1) is 12.3. The molecule has 0 amide bonds. The van der Waals surface area contributed by atoms with E-state index >= 15 is 0 Å². The standard InChI is InChI=1S/C14H17NO.C9H12/c1-2-4-13-11(3-1)9-14(16-13)10-15-7-5-12(14)6-8-15;1-2-6-9-7-4-3-5-8-9/h1-4,12H,5-10H2;3-5,7-8H,2,6H2,1H3/t14-;/m0./s1. The van der Waals surface area contributed by atoms with Crippen molar-refractivity contribution in [3.05, 3.63) is 65.7 Å². The lowest BCUT2D eigenvalue weighted by Gasteiger charge is -2.50. The van der Waals surface area contributed by atoms with E-state index in [1.54, 1.807) is 0 Å². The van der Waals surface area contributed by atoms with Gasteiger partial charge in [-0.25, -0.2) is 0 Å². The molecule has 2 bridgehead atoms. The summed E-state index contributed by atoms with van der Waals surface area (Å²) in [5.41, 5.74) is 2.98. The molecule has 1 spiro atoms. The lowest BCUT2D eigenvalue weighted by Crippen LogP contribution is -2.61. The van der Waals surface area contributed by atoms with Gasteiger partial charge in [0.1, 0.15) is 11.4 Å². The van der Waals surface area contributed by atoms with E-state index in [1.165, 1.54) is 49.9 Å². The molecule has 0 N–H and O–H groups in total. The van der Waals surface area contributed by atoms with Crippen molar-refractivity contribution in [3.63, 3.8) is 0 Å². The van der Waals surface area contributed by atoms with Crippen molar-refractivity contribution in [1.29, 1.82) is 0 Å². The Hall–Kier alpha value is -1.80. The van der Waals surface area contributed by atoms with Gasteiger partial charge in [0.2, 0.25) is 0 Å². The summed E-state index contributed by atoms with van der Waals surface area (Å²) in [6, 6.07) is 19.1. The van der Waals surface area contributed by atoms with Crippen molar-refractivity contribution in [2.24, 2.45) is 5.92 Å². The Balaban J connectivity index is 0.000000150. The second-order valence-electron chi connectivity index (χ2n) is 7.74. The Kier molecular flexibility index (Phi) is 4.80. The first-order valence-electron chi connectivity index (χ1n) is 9.82. The molecular weight excluding hydrogens is 306 g/mol. The van der Waals surface area contributed by atoms with E-state index in [9.17, 15) is 0 Å². The van der Waals surface area contributed by atoms with Crippen LogP contribution in [0.1, 0.15) is 37.3 Å². The molecule has 2 nitrogen and oxygen atoms in total. The number of ether oxygens (including phenoxy) is 1.